The van der Waals surface area contributed by atoms with E-state index < -0.39 is 5.95 Å². The molecule has 0 spiro atoms. The minimum Gasteiger partial charge on any atom is -0.228 e. The van der Waals surface area contributed by atoms with Gasteiger partial charge in [0.25, 0.3) is 0 Å². The molecule has 0 saturated heterocycles. The third-order valence-corrected chi connectivity index (χ3v) is 3.61. The van der Waals surface area contributed by atoms with Crippen molar-refractivity contribution in [1.82, 2.24) is 4.98 Å². The van der Waals surface area contributed by atoms with Gasteiger partial charge in [-0.2, -0.15) is 4.39 Å². The molecule has 88 valence electrons. The average molecular weight is 247 g/mol. The van der Waals surface area contributed by atoms with E-state index in [9.17, 15) is 4.39 Å². The van der Waals surface area contributed by atoms with E-state index >= 15 is 0 Å². The van der Waals surface area contributed by atoms with E-state index in [2.05, 4.69) is 42.4 Å². The van der Waals surface area contributed by atoms with Crippen LogP contribution in [0, 0.1) is 5.95 Å². The zero-order valence-electron chi connectivity index (χ0n) is 9.85. The van der Waals surface area contributed by atoms with Crippen molar-refractivity contribution in [2.24, 2.45) is 0 Å². The number of halogens is 1. The van der Waals surface area contributed by atoms with E-state index in [0.717, 1.165) is 5.56 Å². The second-order valence-electron chi connectivity index (χ2n) is 3.91. The molecule has 0 N–H and O–H groups in total. The number of pyridine rings is 1. The number of nitrogens with zero attached hydrogens (tertiary/aromatic N) is 1. The monoisotopic (exact) mass is 247 g/mol. The quantitative estimate of drug-likeness (QED) is 0.598. The largest absolute Gasteiger partial charge is 0.228 e. The first-order valence-corrected chi connectivity index (χ1v) is 6.68. The molecule has 0 aliphatic carbocycles. The van der Waals surface area contributed by atoms with Crippen LogP contribution in [-0.2, 0) is 0 Å². The average Bonchev–Trinajstić information content (AvgIpc) is 2.39. The van der Waals surface area contributed by atoms with Gasteiger partial charge in [-0.25, -0.2) is 4.98 Å². The molecule has 1 heterocycles. The fraction of sp³-hybridized carbons (Fsp3) is 0.214. The summed E-state index contributed by atoms with van der Waals surface area (Å²) in [5.41, 5.74) is 2.25. The lowest BCUT2D eigenvalue weighted by Crippen LogP contribution is -1.97. The first-order chi connectivity index (χ1) is 8.20. The fourth-order valence-corrected chi connectivity index (χ4v) is 2.14. The van der Waals surface area contributed by atoms with Crippen molar-refractivity contribution in [2.45, 2.75) is 17.7 Å². The molecule has 2 aromatic rings. The summed E-state index contributed by atoms with van der Waals surface area (Å²) in [6, 6.07) is 11.6. The van der Waals surface area contributed by atoms with Gasteiger partial charge in [0.05, 0.1) is 0 Å². The van der Waals surface area contributed by atoms with Crippen LogP contribution in [0.3, 0.4) is 0 Å². The van der Waals surface area contributed by atoms with Crippen LogP contribution in [0.5, 0.6) is 0 Å². The Bertz CT molecular complexity index is 479. The van der Waals surface area contributed by atoms with Gasteiger partial charge in [0.2, 0.25) is 5.95 Å². The molecule has 0 aliphatic rings. The molecule has 0 amide bonds. The standard InChI is InChI=1S/C14H14FNS/c1-10(12-5-8-14(15)16-9-12)11-3-6-13(17-2)7-4-11/h3-10H,1-2H3. The number of benzene rings is 1. The summed E-state index contributed by atoms with van der Waals surface area (Å²) < 4.78 is 12.7. The first kappa shape index (κ1) is 12.1. The highest BCUT2D eigenvalue weighted by atomic mass is 32.2. The van der Waals surface area contributed by atoms with Crippen molar-refractivity contribution in [3.05, 3.63) is 59.7 Å². The van der Waals surface area contributed by atoms with Gasteiger partial charge < -0.3 is 0 Å². The van der Waals surface area contributed by atoms with Crippen LogP contribution in [-0.4, -0.2) is 11.2 Å². The minimum absolute atomic E-state index is 0.235. The lowest BCUT2D eigenvalue weighted by molar-refractivity contribution is 0.581. The Balaban J connectivity index is 2.23. The molecule has 17 heavy (non-hydrogen) atoms. The fourth-order valence-electron chi connectivity index (χ4n) is 1.73. The van der Waals surface area contributed by atoms with Crippen molar-refractivity contribution in [1.29, 1.82) is 0 Å². The third-order valence-electron chi connectivity index (χ3n) is 2.87. The predicted octanol–water partition coefficient (Wildman–Crippen LogP) is 4.09. The molecule has 1 aromatic carbocycles. The zero-order valence-corrected chi connectivity index (χ0v) is 10.7. The lowest BCUT2D eigenvalue weighted by atomic mass is 9.95. The minimum atomic E-state index is -0.432. The van der Waals surface area contributed by atoms with Crippen molar-refractivity contribution in [2.75, 3.05) is 6.26 Å². The summed E-state index contributed by atoms with van der Waals surface area (Å²) in [6.45, 7) is 2.10. The summed E-state index contributed by atoms with van der Waals surface area (Å²) in [4.78, 5) is 4.94. The van der Waals surface area contributed by atoms with Crippen molar-refractivity contribution < 1.29 is 4.39 Å². The van der Waals surface area contributed by atoms with Crippen molar-refractivity contribution >= 4 is 11.8 Å². The summed E-state index contributed by atoms with van der Waals surface area (Å²) in [6.07, 6.45) is 3.66. The lowest BCUT2D eigenvalue weighted by Gasteiger charge is -2.12. The van der Waals surface area contributed by atoms with E-state index in [1.165, 1.54) is 16.5 Å². The summed E-state index contributed by atoms with van der Waals surface area (Å²) >= 11 is 1.73. The zero-order chi connectivity index (χ0) is 12.3. The van der Waals surface area contributed by atoms with Crippen LogP contribution < -0.4 is 0 Å². The van der Waals surface area contributed by atoms with E-state index in [0.29, 0.717) is 0 Å². The van der Waals surface area contributed by atoms with E-state index in [1.807, 2.05) is 0 Å². The Morgan fingerprint density at radius 3 is 2.24 bits per heavy atom. The van der Waals surface area contributed by atoms with Gasteiger partial charge in [-0.1, -0.05) is 25.1 Å². The Morgan fingerprint density at radius 1 is 1.06 bits per heavy atom. The van der Waals surface area contributed by atoms with Gasteiger partial charge in [0.15, 0.2) is 0 Å². The number of aromatic nitrogens is 1. The first-order valence-electron chi connectivity index (χ1n) is 5.46. The number of hydrogen-bond acceptors (Lipinski definition) is 2. The Morgan fingerprint density at radius 2 is 1.71 bits per heavy atom. The summed E-state index contributed by atoms with van der Waals surface area (Å²) in [7, 11) is 0. The molecule has 0 radical (unpaired) electrons. The molecule has 3 heteroatoms. The predicted molar refractivity (Wildman–Crippen MR) is 69.9 cm³/mol. The smallest absolute Gasteiger partial charge is 0.212 e. The molecule has 0 bridgehead atoms. The van der Waals surface area contributed by atoms with Gasteiger partial charge in [0, 0.05) is 17.0 Å². The number of thioether (sulfide) groups is 1. The van der Waals surface area contributed by atoms with Gasteiger partial charge in [-0.15, -0.1) is 11.8 Å². The van der Waals surface area contributed by atoms with Crippen molar-refractivity contribution in [3.63, 3.8) is 0 Å². The Hall–Kier alpha value is -1.35. The van der Waals surface area contributed by atoms with Crippen LogP contribution in [0.1, 0.15) is 24.0 Å². The molecule has 0 aliphatic heterocycles. The maximum Gasteiger partial charge on any atom is 0.212 e. The van der Waals surface area contributed by atoms with Crippen LogP contribution in [0.4, 0.5) is 4.39 Å². The number of rotatable bonds is 3. The molecular weight excluding hydrogens is 233 g/mol. The summed E-state index contributed by atoms with van der Waals surface area (Å²) in [5.74, 6) is -0.197. The molecule has 0 saturated carbocycles. The van der Waals surface area contributed by atoms with Gasteiger partial charge >= 0.3 is 0 Å². The summed E-state index contributed by atoms with van der Waals surface area (Å²) in [5, 5.41) is 0. The molecular formula is C14H14FNS. The number of hydrogen-bond donors (Lipinski definition) is 0. The highest BCUT2D eigenvalue weighted by Crippen LogP contribution is 2.25. The van der Waals surface area contributed by atoms with Crippen LogP contribution in [0.25, 0.3) is 0 Å². The van der Waals surface area contributed by atoms with Crippen molar-refractivity contribution in [3.8, 4) is 0 Å². The van der Waals surface area contributed by atoms with Gasteiger partial charge in [0.1, 0.15) is 0 Å². The SMILES string of the molecule is CSc1ccc(C(C)c2ccc(F)nc2)cc1. The maximum absolute atomic E-state index is 12.7. The molecule has 2 rings (SSSR count). The third kappa shape index (κ3) is 2.86. The molecule has 1 nitrogen and oxygen atoms in total. The topological polar surface area (TPSA) is 12.9 Å². The molecule has 1 atom stereocenters. The van der Waals surface area contributed by atoms with E-state index in [1.54, 1.807) is 24.0 Å². The van der Waals surface area contributed by atoms with Gasteiger partial charge in [-0.3, -0.25) is 0 Å². The molecule has 1 aromatic heterocycles. The molecule has 1 unspecified atom stereocenters. The Labute approximate surface area is 105 Å². The van der Waals surface area contributed by atoms with Crippen LogP contribution >= 0.6 is 11.8 Å². The van der Waals surface area contributed by atoms with Crippen LogP contribution in [0.2, 0.25) is 0 Å². The normalized spacial score (nSPS) is 12.4. The molecule has 0 fully saturated rings. The second kappa shape index (κ2) is 5.32. The van der Waals surface area contributed by atoms with E-state index in [-0.39, 0.29) is 5.92 Å². The second-order valence-corrected chi connectivity index (χ2v) is 4.79. The van der Waals surface area contributed by atoms with E-state index in [4.69, 9.17) is 0 Å². The highest BCUT2D eigenvalue weighted by Gasteiger charge is 2.08. The van der Waals surface area contributed by atoms with Crippen LogP contribution in [0.15, 0.2) is 47.5 Å². The Kier molecular flexibility index (Phi) is 3.79. The van der Waals surface area contributed by atoms with Gasteiger partial charge in [-0.05, 0) is 35.6 Å². The maximum atomic E-state index is 12.7. The highest BCUT2D eigenvalue weighted by molar-refractivity contribution is 7.98.